The van der Waals surface area contributed by atoms with Gasteiger partial charge < -0.3 is 10.2 Å². The average molecular weight is 316 g/mol. The predicted octanol–water partition coefficient (Wildman–Crippen LogP) is 3.16. The number of thiocarbonyl (C=S) groups is 1. The first kappa shape index (κ1) is 16.5. The van der Waals surface area contributed by atoms with Gasteiger partial charge >= 0.3 is 0 Å². The van der Waals surface area contributed by atoms with Crippen molar-refractivity contribution >= 4 is 29.2 Å². The molecule has 0 aliphatic carbocycles. The Labute approximate surface area is 138 Å². The fourth-order valence-electron chi connectivity index (χ4n) is 2.80. The molecule has 118 valence electrons. The molecule has 2 rings (SSSR count). The summed E-state index contributed by atoms with van der Waals surface area (Å²) in [6.45, 7) is 8.53. The van der Waals surface area contributed by atoms with E-state index >= 15 is 0 Å². The van der Waals surface area contributed by atoms with Gasteiger partial charge in [0.1, 0.15) is 0 Å². The lowest BCUT2D eigenvalue weighted by atomic mass is 9.84. The standard InChI is InChI=1S/C17H24N4S/c1-12(2)19-16(22)20-18-11-10-15-17(3,4)13-8-6-7-9-14(13)21(15)5/h6-12H,1-5H3,(H2,19,20,22). The Morgan fingerprint density at radius 1 is 1.32 bits per heavy atom. The second-order valence-corrected chi connectivity index (χ2v) is 6.68. The lowest BCUT2D eigenvalue weighted by Gasteiger charge is -2.23. The van der Waals surface area contributed by atoms with Gasteiger partial charge in [0, 0.05) is 36.1 Å². The SMILES string of the molecule is CC(C)NC(=S)NN=CC=C1N(C)c2ccccc2C1(C)C. The van der Waals surface area contributed by atoms with Crippen molar-refractivity contribution in [3.05, 3.63) is 41.6 Å². The van der Waals surface area contributed by atoms with Crippen LogP contribution in [0.2, 0.25) is 0 Å². The fourth-order valence-corrected chi connectivity index (χ4v) is 3.09. The minimum atomic E-state index is -0.0337. The van der Waals surface area contributed by atoms with Crippen LogP contribution in [0.15, 0.2) is 41.1 Å². The molecule has 22 heavy (non-hydrogen) atoms. The molecule has 1 aromatic rings. The molecule has 0 unspecified atom stereocenters. The summed E-state index contributed by atoms with van der Waals surface area (Å²) in [5.74, 6) is 0. The number of nitrogens with zero attached hydrogens (tertiary/aromatic N) is 2. The summed E-state index contributed by atoms with van der Waals surface area (Å²) < 4.78 is 0. The van der Waals surface area contributed by atoms with E-state index in [1.54, 1.807) is 6.21 Å². The smallest absolute Gasteiger partial charge is 0.187 e. The van der Waals surface area contributed by atoms with Crippen molar-refractivity contribution in [1.82, 2.24) is 10.7 Å². The van der Waals surface area contributed by atoms with Crippen molar-refractivity contribution in [1.29, 1.82) is 0 Å². The van der Waals surface area contributed by atoms with Crippen LogP contribution < -0.4 is 15.6 Å². The van der Waals surface area contributed by atoms with E-state index in [9.17, 15) is 0 Å². The summed E-state index contributed by atoms with van der Waals surface area (Å²) in [7, 11) is 2.09. The van der Waals surface area contributed by atoms with Crippen molar-refractivity contribution in [3.63, 3.8) is 0 Å². The molecule has 0 saturated heterocycles. The maximum absolute atomic E-state index is 5.14. The molecule has 5 heteroatoms. The number of nitrogens with one attached hydrogen (secondary N) is 2. The quantitative estimate of drug-likeness (QED) is 0.510. The lowest BCUT2D eigenvalue weighted by Crippen LogP contribution is -2.36. The molecule has 0 aromatic heterocycles. The largest absolute Gasteiger partial charge is 0.359 e. The molecular weight excluding hydrogens is 292 g/mol. The summed E-state index contributed by atoms with van der Waals surface area (Å²) in [5.41, 5.74) is 6.59. The van der Waals surface area contributed by atoms with Crippen LogP contribution >= 0.6 is 12.2 Å². The van der Waals surface area contributed by atoms with Crippen LogP contribution in [-0.4, -0.2) is 24.4 Å². The first-order chi connectivity index (χ1) is 10.3. The number of para-hydroxylation sites is 1. The second kappa shape index (κ2) is 6.48. The number of rotatable bonds is 3. The molecule has 0 spiro atoms. The molecule has 2 N–H and O–H groups in total. The summed E-state index contributed by atoms with van der Waals surface area (Å²) in [6, 6.07) is 8.78. The monoisotopic (exact) mass is 316 g/mol. The summed E-state index contributed by atoms with van der Waals surface area (Å²) in [4.78, 5) is 2.21. The van der Waals surface area contributed by atoms with Crippen LogP contribution in [-0.2, 0) is 5.41 Å². The number of likely N-dealkylation sites (N-methyl/N-ethyl adjacent to an activating group) is 1. The van der Waals surface area contributed by atoms with Gasteiger partial charge in [0.25, 0.3) is 0 Å². The van der Waals surface area contributed by atoms with Gasteiger partial charge in [-0.1, -0.05) is 32.0 Å². The number of anilines is 1. The highest BCUT2D eigenvalue weighted by Crippen LogP contribution is 2.46. The van der Waals surface area contributed by atoms with Gasteiger partial charge in [0.15, 0.2) is 5.11 Å². The van der Waals surface area contributed by atoms with Gasteiger partial charge in [-0.2, -0.15) is 5.10 Å². The summed E-state index contributed by atoms with van der Waals surface area (Å²) in [6.07, 6.45) is 3.79. The maximum Gasteiger partial charge on any atom is 0.187 e. The third-order valence-electron chi connectivity index (χ3n) is 3.83. The van der Waals surface area contributed by atoms with Crippen LogP contribution in [0.25, 0.3) is 0 Å². The van der Waals surface area contributed by atoms with Gasteiger partial charge in [-0.3, -0.25) is 5.43 Å². The Balaban J connectivity index is 2.11. The van der Waals surface area contributed by atoms with Crippen LogP contribution in [0.1, 0.15) is 33.3 Å². The molecule has 0 bridgehead atoms. The Morgan fingerprint density at radius 3 is 2.64 bits per heavy atom. The number of benzene rings is 1. The van der Waals surface area contributed by atoms with E-state index in [-0.39, 0.29) is 5.41 Å². The van der Waals surface area contributed by atoms with Gasteiger partial charge in [-0.15, -0.1) is 0 Å². The summed E-state index contributed by atoms with van der Waals surface area (Å²) in [5, 5.41) is 7.79. The highest BCUT2D eigenvalue weighted by Gasteiger charge is 2.37. The molecule has 1 aliphatic rings. The Hall–Kier alpha value is -1.88. The van der Waals surface area contributed by atoms with E-state index in [1.165, 1.54) is 16.9 Å². The second-order valence-electron chi connectivity index (χ2n) is 6.27. The average Bonchev–Trinajstić information content (AvgIpc) is 2.63. The van der Waals surface area contributed by atoms with Crippen molar-refractivity contribution in [2.75, 3.05) is 11.9 Å². The van der Waals surface area contributed by atoms with Crippen molar-refractivity contribution in [2.24, 2.45) is 5.10 Å². The minimum absolute atomic E-state index is 0.0337. The Bertz CT molecular complexity index is 617. The molecule has 0 amide bonds. The molecule has 1 aromatic carbocycles. The summed E-state index contributed by atoms with van der Waals surface area (Å²) >= 11 is 5.14. The minimum Gasteiger partial charge on any atom is -0.359 e. The van der Waals surface area contributed by atoms with Crippen molar-refractivity contribution in [3.8, 4) is 0 Å². The van der Waals surface area contributed by atoms with Gasteiger partial charge in [-0.25, -0.2) is 0 Å². The van der Waals surface area contributed by atoms with E-state index in [1.807, 2.05) is 19.9 Å². The number of allylic oxidation sites excluding steroid dienone is 2. The number of hydrogen-bond acceptors (Lipinski definition) is 3. The molecule has 0 fully saturated rings. The first-order valence-electron chi connectivity index (χ1n) is 7.47. The molecule has 1 aliphatic heterocycles. The highest BCUT2D eigenvalue weighted by molar-refractivity contribution is 7.80. The zero-order chi connectivity index (χ0) is 16.3. The van der Waals surface area contributed by atoms with E-state index in [2.05, 4.69) is 65.9 Å². The van der Waals surface area contributed by atoms with E-state index in [0.717, 1.165) is 0 Å². The topological polar surface area (TPSA) is 39.7 Å². The van der Waals surface area contributed by atoms with Crippen molar-refractivity contribution in [2.45, 2.75) is 39.2 Å². The van der Waals surface area contributed by atoms with Crippen molar-refractivity contribution < 1.29 is 0 Å². The van der Waals surface area contributed by atoms with Crippen LogP contribution in [0.5, 0.6) is 0 Å². The molecule has 0 radical (unpaired) electrons. The zero-order valence-corrected chi connectivity index (χ0v) is 14.7. The molecule has 0 atom stereocenters. The molecule has 4 nitrogen and oxygen atoms in total. The number of hydrazone groups is 1. The maximum atomic E-state index is 5.14. The molecule has 0 saturated carbocycles. The predicted molar refractivity (Wildman–Crippen MR) is 98.5 cm³/mol. The van der Waals surface area contributed by atoms with Crippen LogP contribution in [0.3, 0.4) is 0 Å². The third kappa shape index (κ3) is 3.30. The first-order valence-corrected chi connectivity index (χ1v) is 7.88. The molecule has 1 heterocycles. The van der Waals surface area contributed by atoms with Crippen LogP contribution in [0, 0.1) is 0 Å². The molecular formula is C17H24N4S. The van der Waals surface area contributed by atoms with Gasteiger partial charge in [0.2, 0.25) is 0 Å². The fraction of sp³-hybridized carbons (Fsp3) is 0.412. The van der Waals surface area contributed by atoms with E-state index in [0.29, 0.717) is 11.2 Å². The Kier molecular flexibility index (Phi) is 4.86. The van der Waals surface area contributed by atoms with E-state index in [4.69, 9.17) is 12.2 Å². The Morgan fingerprint density at radius 2 is 2.00 bits per heavy atom. The van der Waals surface area contributed by atoms with Gasteiger partial charge in [0.05, 0.1) is 0 Å². The lowest BCUT2D eigenvalue weighted by molar-refractivity contribution is 0.641. The zero-order valence-electron chi connectivity index (χ0n) is 13.8. The van der Waals surface area contributed by atoms with E-state index < -0.39 is 0 Å². The third-order valence-corrected chi connectivity index (χ3v) is 4.04. The number of fused-ring (bicyclic) bond motifs is 1. The van der Waals surface area contributed by atoms with Crippen LogP contribution in [0.4, 0.5) is 5.69 Å². The number of hydrogen-bond donors (Lipinski definition) is 2. The normalized spacial score (nSPS) is 18.1. The van der Waals surface area contributed by atoms with Gasteiger partial charge in [-0.05, 0) is 43.8 Å². The highest BCUT2D eigenvalue weighted by atomic mass is 32.1.